The van der Waals surface area contributed by atoms with Gasteiger partial charge in [-0.25, -0.2) is 4.99 Å². The molecule has 1 atom stereocenters. The third-order valence-corrected chi connectivity index (χ3v) is 6.47. The van der Waals surface area contributed by atoms with Gasteiger partial charge in [-0.3, -0.25) is 24.2 Å². The number of aliphatic imine (C=N–C) groups is 1. The fourth-order valence-electron chi connectivity index (χ4n) is 3.75. The number of carbonyl (C=O) groups excluding carboxylic acids is 3. The fraction of sp³-hybridized carbons (Fsp3) is 0.304. The van der Waals surface area contributed by atoms with Crippen molar-refractivity contribution >= 4 is 40.3 Å². The van der Waals surface area contributed by atoms with Gasteiger partial charge in [0.25, 0.3) is 11.8 Å². The summed E-state index contributed by atoms with van der Waals surface area (Å²) in [6, 6.07) is 14.7. The van der Waals surface area contributed by atoms with Crippen molar-refractivity contribution in [2.75, 3.05) is 12.3 Å². The Morgan fingerprint density at radius 2 is 1.80 bits per heavy atom. The third kappa shape index (κ3) is 3.77. The van der Waals surface area contributed by atoms with Crippen molar-refractivity contribution in [1.82, 2.24) is 9.80 Å². The van der Waals surface area contributed by atoms with Gasteiger partial charge < -0.3 is 0 Å². The Hall–Kier alpha value is -2.93. The van der Waals surface area contributed by atoms with Crippen molar-refractivity contribution in [1.29, 1.82) is 0 Å². The number of imide groups is 1. The number of nitrogens with zero attached hydrogens (tertiary/aromatic N) is 3. The van der Waals surface area contributed by atoms with E-state index in [9.17, 15) is 14.4 Å². The van der Waals surface area contributed by atoms with E-state index in [1.54, 1.807) is 40.9 Å². The minimum atomic E-state index is -0.333. The van der Waals surface area contributed by atoms with Crippen LogP contribution in [0.25, 0.3) is 0 Å². The summed E-state index contributed by atoms with van der Waals surface area (Å²) >= 11 is 1.57. The van der Waals surface area contributed by atoms with E-state index in [-0.39, 0.29) is 36.7 Å². The molecule has 154 valence electrons. The number of aryl methyl sites for hydroxylation is 1. The number of rotatable bonds is 5. The Morgan fingerprint density at radius 1 is 1.10 bits per heavy atom. The Morgan fingerprint density at radius 3 is 2.43 bits per heavy atom. The molecule has 0 aliphatic carbocycles. The maximum absolute atomic E-state index is 13.1. The topological polar surface area (TPSA) is 70.1 Å². The summed E-state index contributed by atoms with van der Waals surface area (Å²) in [4.78, 5) is 45.8. The SMILES string of the molecule is CC[C@H]1CSC(=Nc2cccc(C)c2)N1C(=O)CCN1C(=O)c2ccccc2C1=O. The van der Waals surface area contributed by atoms with Crippen molar-refractivity contribution in [2.24, 2.45) is 4.99 Å². The Kier molecular flexibility index (Phi) is 5.72. The predicted octanol–water partition coefficient (Wildman–Crippen LogP) is 4.02. The van der Waals surface area contributed by atoms with Gasteiger partial charge in [-0.15, -0.1) is 0 Å². The lowest BCUT2D eigenvalue weighted by Gasteiger charge is -2.24. The zero-order valence-electron chi connectivity index (χ0n) is 17.0. The number of amides is 3. The van der Waals surface area contributed by atoms with Gasteiger partial charge >= 0.3 is 0 Å². The first-order chi connectivity index (χ1) is 14.5. The molecule has 0 aromatic heterocycles. The number of carbonyl (C=O) groups is 3. The number of thioether (sulfide) groups is 1. The molecule has 6 nitrogen and oxygen atoms in total. The minimum absolute atomic E-state index is 0.0632. The molecule has 3 amide bonds. The van der Waals surface area contributed by atoms with E-state index < -0.39 is 0 Å². The van der Waals surface area contributed by atoms with Crippen LogP contribution in [0.15, 0.2) is 53.5 Å². The van der Waals surface area contributed by atoms with Gasteiger partial charge in [0.05, 0.1) is 16.8 Å². The van der Waals surface area contributed by atoms with Gasteiger partial charge in [-0.1, -0.05) is 43.0 Å². The average molecular weight is 422 g/mol. The molecule has 0 N–H and O–H groups in total. The van der Waals surface area contributed by atoms with Crippen LogP contribution in [0, 0.1) is 6.92 Å². The summed E-state index contributed by atoms with van der Waals surface area (Å²) in [5.74, 6) is 0.00878. The summed E-state index contributed by atoms with van der Waals surface area (Å²) in [5, 5.41) is 0.680. The van der Waals surface area contributed by atoms with E-state index in [4.69, 9.17) is 4.99 Å². The van der Waals surface area contributed by atoms with Crippen LogP contribution in [0.5, 0.6) is 0 Å². The lowest BCUT2D eigenvalue weighted by atomic mass is 10.1. The van der Waals surface area contributed by atoms with E-state index in [0.29, 0.717) is 16.3 Å². The highest BCUT2D eigenvalue weighted by atomic mass is 32.2. The summed E-state index contributed by atoms with van der Waals surface area (Å²) < 4.78 is 0. The molecule has 4 rings (SSSR count). The molecular weight excluding hydrogens is 398 g/mol. The first-order valence-corrected chi connectivity index (χ1v) is 11.0. The smallest absolute Gasteiger partial charge is 0.261 e. The van der Waals surface area contributed by atoms with Crippen molar-refractivity contribution in [3.8, 4) is 0 Å². The second-order valence-electron chi connectivity index (χ2n) is 7.43. The molecule has 0 unspecified atom stereocenters. The molecule has 0 spiro atoms. The lowest BCUT2D eigenvalue weighted by molar-refractivity contribution is -0.128. The predicted molar refractivity (Wildman–Crippen MR) is 118 cm³/mol. The molecule has 1 saturated heterocycles. The summed E-state index contributed by atoms with van der Waals surface area (Å²) in [5.41, 5.74) is 2.72. The lowest BCUT2D eigenvalue weighted by Crippen LogP contribution is -2.41. The number of benzene rings is 2. The molecule has 2 heterocycles. The summed E-state index contributed by atoms with van der Waals surface area (Å²) in [6.45, 7) is 4.12. The zero-order chi connectivity index (χ0) is 21.3. The molecule has 1 fully saturated rings. The molecule has 7 heteroatoms. The summed E-state index contributed by atoms with van der Waals surface area (Å²) in [6.07, 6.45) is 0.897. The Balaban J connectivity index is 1.50. The molecular formula is C23H23N3O3S. The number of hydrogen-bond acceptors (Lipinski definition) is 5. The highest BCUT2D eigenvalue weighted by Crippen LogP contribution is 2.30. The Bertz CT molecular complexity index is 1010. The third-order valence-electron chi connectivity index (χ3n) is 5.37. The van der Waals surface area contributed by atoms with Crippen LogP contribution in [0.4, 0.5) is 5.69 Å². The monoisotopic (exact) mass is 421 g/mol. The molecule has 2 aliphatic rings. The van der Waals surface area contributed by atoms with Crippen molar-refractivity contribution in [3.05, 3.63) is 65.2 Å². The highest BCUT2D eigenvalue weighted by Gasteiger charge is 2.37. The van der Waals surface area contributed by atoms with Crippen LogP contribution in [0.1, 0.15) is 46.0 Å². The maximum Gasteiger partial charge on any atom is 0.261 e. The average Bonchev–Trinajstić information content (AvgIpc) is 3.25. The van der Waals surface area contributed by atoms with Crippen molar-refractivity contribution in [3.63, 3.8) is 0 Å². The second kappa shape index (κ2) is 8.44. The molecule has 2 aromatic carbocycles. The van der Waals surface area contributed by atoms with E-state index in [1.807, 2.05) is 38.1 Å². The van der Waals surface area contributed by atoms with E-state index in [2.05, 4.69) is 0 Å². The van der Waals surface area contributed by atoms with Crippen LogP contribution in [-0.2, 0) is 4.79 Å². The van der Waals surface area contributed by atoms with E-state index in [0.717, 1.165) is 23.4 Å². The normalized spacial score (nSPS) is 19.7. The first-order valence-electron chi connectivity index (χ1n) is 10.0. The Labute approximate surface area is 180 Å². The zero-order valence-corrected chi connectivity index (χ0v) is 17.8. The van der Waals surface area contributed by atoms with Gasteiger partial charge in [-0.2, -0.15) is 0 Å². The van der Waals surface area contributed by atoms with Crippen LogP contribution < -0.4 is 0 Å². The molecule has 0 bridgehead atoms. The van der Waals surface area contributed by atoms with Crippen LogP contribution in [0.2, 0.25) is 0 Å². The molecule has 30 heavy (non-hydrogen) atoms. The number of hydrogen-bond donors (Lipinski definition) is 0. The maximum atomic E-state index is 13.1. The van der Waals surface area contributed by atoms with Gasteiger partial charge in [-0.05, 0) is 43.2 Å². The minimum Gasteiger partial charge on any atom is -0.287 e. The molecule has 2 aliphatic heterocycles. The van der Waals surface area contributed by atoms with Crippen molar-refractivity contribution < 1.29 is 14.4 Å². The van der Waals surface area contributed by atoms with E-state index >= 15 is 0 Å². The van der Waals surface area contributed by atoms with E-state index in [1.165, 1.54) is 4.90 Å². The highest BCUT2D eigenvalue weighted by molar-refractivity contribution is 8.14. The first kappa shape index (κ1) is 20.3. The van der Waals surface area contributed by atoms with Crippen LogP contribution >= 0.6 is 11.8 Å². The van der Waals surface area contributed by atoms with Crippen LogP contribution in [-0.4, -0.2) is 51.0 Å². The largest absolute Gasteiger partial charge is 0.287 e. The van der Waals surface area contributed by atoms with Gasteiger partial charge in [0.2, 0.25) is 5.91 Å². The van der Waals surface area contributed by atoms with Gasteiger partial charge in [0.1, 0.15) is 0 Å². The number of amidine groups is 1. The van der Waals surface area contributed by atoms with Crippen molar-refractivity contribution in [2.45, 2.75) is 32.7 Å². The molecule has 0 saturated carbocycles. The standard InChI is InChI=1S/C23H23N3O3S/c1-3-17-14-30-23(24-16-8-6-7-15(2)13-16)26(17)20(27)11-12-25-21(28)18-9-4-5-10-19(18)22(25)29/h4-10,13,17H,3,11-12,14H2,1-2H3/t17-/m0/s1. The fourth-order valence-corrected chi connectivity index (χ4v) is 5.03. The summed E-state index contributed by atoms with van der Waals surface area (Å²) in [7, 11) is 0. The van der Waals surface area contributed by atoms with Gasteiger partial charge in [0.15, 0.2) is 5.17 Å². The number of fused-ring (bicyclic) bond motifs is 1. The quantitative estimate of drug-likeness (QED) is 0.684. The molecule has 2 aromatic rings. The molecule has 0 radical (unpaired) electrons. The van der Waals surface area contributed by atoms with Gasteiger partial charge in [0, 0.05) is 24.8 Å². The van der Waals surface area contributed by atoms with Crippen LogP contribution in [0.3, 0.4) is 0 Å². The second-order valence-corrected chi connectivity index (χ2v) is 8.41.